The molecule has 1 aliphatic rings. The molecule has 0 bridgehead atoms. The van der Waals surface area contributed by atoms with Gasteiger partial charge in [-0.2, -0.15) is 0 Å². The summed E-state index contributed by atoms with van der Waals surface area (Å²) in [5.74, 6) is 3.48. The van der Waals surface area contributed by atoms with Crippen molar-refractivity contribution in [1.29, 1.82) is 0 Å². The van der Waals surface area contributed by atoms with Crippen molar-refractivity contribution in [1.82, 2.24) is 0 Å². The Hall–Kier alpha value is -2.72. The third-order valence-corrected chi connectivity index (χ3v) is 7.52. The molecule has 2 radical (unpaired) electrons. The van der Waals surface area contributed by atoms with Crippen LogP contribution in [0, 0.1) is 65.2 Å². The lowest BCUT2D eigenvalue weighted by molar-refractivity contribution is 0.428. The molecule has 0 saturated heterocycles. The summed E-state index contributed by atoms with van der Waals surface area (Å²) in [6.07, 6.45) is 15.3. The van der Waals surface area contributed by atoms with E-state index >= 15 is 0 Å². The molecule has 0 heterocycles. The van der Waals surface area contributed by atoms with Crippen molar-refractivity contribution in [2.24, 2.45) is 11.8 Å². The zero-order valence-corrected chi connectivity index (χ0v) is 28.3. The maximum Gasteiger partial charge on any atom is 0.125 e. The number of phenols is 1. The number of hydrogen-bond donors (Lipinski definition) is 1. The molecular weight excluding hydrogens is 484 g/mol. The molecule has 0 amide bonds. The number of allylic oxidation sites excluding steroid dienone is 2. The van der Waals surface area contributed by atoms with Crippen LogP contribution in [-0.2, 0) is 25.7 Å². The van der Waals surface area contributed by atoms with Crippen LogP contribution in [0.15, 0.2) is 30.4 Å². The number of hydrogen-bond acceptors (Lipinski definition) is 1. The van der Waals surface area contributed by atoms with Gasteiger partial charge in [-0.1, -0.05) is 91.8 Å². The van der Waals surface area contributed by atoms with E-state index in [2.05, 4.69) is 58.4 Å². The highest BCUT2D eigenvalue weighted by Gasteiger charge is 2.29. The summed E-state index contributed by atoms with van der Waals surface area (Å²) in [5.41, 5.74) is 12.2. The first-order valence-corrected chi connectivity index (χ1v) is 15.6. The highest BCUT2D eigenvalue weighted by Crippen LogP contribution is 2.39. The average Bonchev–Trinajstić information content (AvgIpc) is 3.00. The van der Waals surface area contributed by atoms with E-state index in [0.29, 0.717) is 5.75 Å². The number of aryl methyl sites for hydroxylation is 4. The molecule has 1 aliphatic carbocycles. The second-order valence-electron chi connectivity index (χ2n) is 9.25. The summed E-state index contributed by atoms with van der Waals surface area (Å²) >= 11 is 0. The van der Waals surface area contributed by atoms with Gasteiger partial charge in [0.05, 0.1) is 0 Å². The Morgan fingerprint density at radius 1 is 0.850 bits per heavy atom. The summed E-state index contributed by atoms with van der Waals surface area (Å²) in [7, 11) is 0. The molecular formula is C39H60O. The number of rotatable bonds is 3. The van der Waals surface area contributed by atoms with Crippen LogP contribution >= 0.6 is 0 Å². The molecule has 0 unspecified atom stereocenters. The van der Waals surface area contributed by atoms with Gasteiger partial charge >= 0.3 is 0 Å². The summed E-state index contributed by atoms with van der Waals surface area (Å²) in [4.78, 5) is 0. The number of benzene rings is 2. The summed E-state index contributed by atoms with van der Waals surface area (Å²) in [5, 5.41) is 10.8. The van der Waals surface area contributed by atoms with Crippen LogP contribution in [0.5, 0.6) is 5.75 Å². The molecule has 3 rings (SSSR count). The van der Waals surface area contributed by atoms with Crippen LogP contribution < -0.4 is 0 Å². The SMILES string of the molecule is C#C[CH][C@@H]1Cc2c(cc(C)c(C)c2C)CCc2cc(C)c(O)c(C=C)c2C[C@H]1/C([CH2])=C\C.CC.CC.CC.CC. The highest BCUT2D eigenvalue weighted by molar-refractivity contribution is 5.64. The van der Waals surface area contributed by atoms with Crippen molar-refractivity contribution < 1.29 is 5.11 Å². The zero-order valence-electron chi connectivity index (χ0n) is 28.3. The van der Waals surface area contributed by atoms with Gasteiger partial charge in [-0.15, -0.1) is 12.3 Å². The number of phenolic OH excluding ortho intramolecular Hbond substituents is 1. The quantitative estimate of drug-likeness (QED) is 0.381. The molecule has 0 saturated carbocycles. The third kappa shape index (κ3) is 9.73. The molecule has 0 aliphatic heterocycles. The van der Waals surface area contributed by atoms with E-state index in [4.69, 9.17) is 6.42 Å². The van der Waals surface area contributed by atoms with Crippen molar-refractivity contribution in [3.63, 3.8) is 0 Å². The second kappa shape index (κ2) is 21.1. The van der Waals surface area contributed by atoms with Gasteiger partial charge < -0.3 is 5.11 Å². The van der Waals surface area contributed by atoms with Crippen molar-refractivity contribution in [2.45, 2.75) is 116 Å². The topological polar surface area (TPSA) is 20.2 Å². The minimum atomic E-state index is 0.155. The van der Waals surface area contributed by atoms with Gasteiger partial charge in [0, 0.05) is 12.0 Å². The first-order chi connectivity index (χ1) is 19.2. The van der Waals surface area contributed by atoms with Gasteiger partial charge in [0.2, 0.25) is 0 Å². The Kier molecular flexibility index (Phi) is 20.8. The molecule has 2 aromatic rings. The lowest BCUT2D eigenvalue weighted by Gasteiger charge is -2.32. The molecule has 222 valence electrons. The Labute approximate surface area is 250 Å². The van der Waals surface area contributed by atoms with Crippen molar-refractivity contribution in [3.8, 4) is 18.1 Å². The van der Waals surface area contributed by atoms with Crippen molar-refractivity contribution >= 4 is 6.08 Å². The second-order valence-corrected chi connectivity index (χ2v) is 9.25. The summed E-state index contributed by atoms with van der Waals surface area (Å²) < 4.78 is 0. The van der Waals surface area contributed by atoms with Gasteiger partial charge in [-0.25, -0.2) is 0 Å². The monoisotopic (exact) mass is 544 g/mol. The molecule has 2 aromatic carbocycles. The zero-order chi connectivity index (χ0) is 31.6. The maximum absolute atomic E-state index is 10.8. The van der Waals surface area contributed by atoms with E-state index in [-0.39, 0.29) is 11.8 Å². The summed E-state index contributed by atoms with van der Waals surface area (Å²) in [6.45, 7) is 35.1. The van der Waals surface area contributed by atoms with Gasteiger partial charge in [-0.3, -0.25) is 0 Å². The number of fused-ring (bicyclic) bond motifs is 2. The predicted octanol–water partition coefficient (Wildman–Crippen LogP) is 11.1. The Morgan fingerprint density at radius 2 is 1.35 bits per heavy atom. The van der Waals surface area contributed by atoms with Gasteiger partial charge in [0.25, 0.3) is 0 Å². The molecule has 0 spiro atoms. The van der Waals surface area contributed by atoms with Crippen molar-refractivity contribution in [3.05, 3.63) is 93.8 Å². The Bertz CT molecular complexity index is 1110. The van der Waals surface area contributed by atoms with E-state index in [1.807, 2.05) is 75.7 Å². The van der Waals surface area contributed by atoms with Crippen LogP contribution in [-0.4, -0.2) is 5.11 Å². The van der Waals surface area contributed by atoms with Gasteiger partial charge in [0.1, 0.15) is 5.75 Å². The molecule has 1 N–H and O–H groups in total. The first kappa shape index (κ1) is 39.4. The fraction of sp³-hybridized carbons (Fsp3) is 0.487. The van der Waals surface area contributed by atoms with E-state index < -0.39 is 0 Å². The van der Waals surface area contributed by atoms with E-state index in [1.54, 1.807) is 6.08 Å². The van der Waals surface area contributed by atoms with Crippen molar-refractivity contribution in [2.75, 3.05) is 0 Å². The lowest BCUT2D eigenvalue weighted by Crippen LogP contribution is -2.25. The van der Waals surface area contributed by atoms with Crippen LogP contribution in [0.3, 0.4) is 0 Å². The van der Waals surface area contributed by atoms with Crippen LogP contribution in [0.4, 0.5) is 0 Å². The van der Waals surface area contributed by atoms with Gasteiger partial charge in [0.15, 0.2) is 0 Å². The molecule has 0 aromatic heterocycles. The summed E-state index contributed by atoms with van der Waals surface area (Å²) in [6, 6.07) is 4.52. The van der Waals surface area contributed by atoms with E-state index in [0.717, 1.165) is 42.4 Å². The Morgan fingerprint density at radius 3 is 1.82 bits per heavy atom. The molecule has 1 nitrogen and oxygen atoms in total. The number of terminal acetylenes is 1. The van der Waals surface area contributed by atoms with Crippen LogP contribution in [0.25, 0.3) is 6.08 Å². The van der Waals surface area contributed by atoms with Crippen LogP contribution in [0.2, 0.25) is 0 Å². The lowest BCUT2D eigenvalue weighted by atomic mass is 9.72. The molecule has 0 fully saturated rings. The normalized spacial score (nSPS) is 15.8. The minimum Gasteiger partial charge on any atom is -0.507 e. The third-order valence-electron chi connectivity index (χ3n) is 7.52. The standard InChI is InChI=1S/C31H36O.4C2H6/c1-9-12-24-17-29-23(8)22(7)20(5)15-25(29)13-14-26-16-21(6)31(32)27(11-3)30(26)18-28(24)19(4)10-2;4*1-2/h1,10-12,15-16,24,28,32H,3-4,13-14,17-18H2,2,5-8H3;4*1-2H3/b19-10-;;;;/t24-,28+;;;;/m1..../s1. The molecule has 1 heteroatoms. The Balaban J connectivity index is 0. The number of aromatic hydroxyl groups is 1. The highest BCUT2D eigenvalue weighted by atomic mass is 16.3. The predicted molar refractivity (Wildman–Crippen MR) is 183 cm³/mol. The first-order valence-electron chi connectivity index (χ1n) is 15.6. The molecule has 2 atom stereocenters. The van der Waals surface area contributed by atoms with E-state index in [9.17, 15) is 5.11 Å². The smallest absolute Gasteiger partial charge is 0.125 e. The average molecular weight is 545 g/mol. The maximum atomic E-state index is 10.8. The fourth-order valence-corrected chi connectivity index (χ4v) is 5.29. The van der Waals surface area contributed by atoms with Gasteiger partial charge in [-0.05, 0) is 124 Å². The largest absolute Gasteiger partial charge is 0.507 e. The minimum absolute atomic E-state index is 0.155. The van der Waals surface area contributed by atoms with E-state index in [1.165, 1.54) is 38.9 Å². The molecule has 40 heavy (non-hydrogen) atoms. The van der Waals surface area contributed by atoms with Crippen LogP contribution in [0.1, 0.15) is 112 Å². The fourth-order valence-electron chi connectivity index (χ4n) is 5.29.